The van der Waals surface area contributed by atoms with Gasteiger partial charge in [0.1, 0.15) is 6.04 Å². The van der Waals surface area contributed by atoms with Gasteiger partial charge < -0.3 is 29.8 Å². The van der Waals surface area contributed by atoms with E-state index >= 15 is 0 Å². The van der Waals surface area contributed by atoms with Crippen LogP contribution in [0.4, 0.5) is 4.79 Å². The molecule has 3 N–H and O–H groups in total. The van der Waals surface area contributed by atoms with Gasteiger partial charge in [-0.3, -0.25) is 14.4 Å². The zero-order valence-electron chi connectivity index (χ0n) is 23.0. The van der Waals surface area contributed by atoms with Crippen LogP contribution in [0.25, 0.3) is 0 Å². The lowest BCUT2D eigenvalue weighted by atomic mass is 9.82. The predicted molar refractivity (Wildman–Crippen MR) is 136 cm³/mol. The van der Waals surface area contributed by atoms with Crippen molar-refractivity contribution in [3.05, 3.63) is 23.8 Å². The van der Waals surface area contributed by atoms with E-state index in [-0.39, 0.29) is 36.5 Å². The summed E-state index contributed by atoms with van der Waals surface area (Å²) in [5.74, 6) is -4.51. The molecule has 0 spiro atoms. The number of ether oxygens (including phenoxy) is 4. The summed E-state index contributed by atoms with van der Waals surface area (Å²) >= 11 is 0. The van der Waals surface area contributed by atoms with Crippen LogP contribution in [-0.4, -0.2) is 48.4 Å². The Hall–Kier alpha value is -3.14. The van der Waals surface area contributed by atoms with Gasteiger partial charge in [0, 0.05) is 5.92 Å². The van der Waals surface area contributed by atoms with E-state index in [9.17, 15) is 24.3 Å². The fraction of sp³-hybridized carbons (Fsp3) is 0.630. The number of esters is 2. The summed E-state index contributed by atoms with van der Waals surface area (Å²) in [7, 11) is 0. The number of carbonyl (C=O) groups excluding carboxylic acids is 3. The summed E-state index contributed by atoms with van der Waals surface area (Å²) in [6.45, 7) is 14.3. The first kappa shape index (κ1) is 31.9. The summed E-state index contributed by atoms with van der Waals surface area (Å²) in [6.07, 6.45) is -0.879. The molecule has 0 fully saturated rings. The van der Waals surface area contributed by atoms with Crippen LogP contribution in [0.5, 0.6) is 11.5 Å². The number of rotatable bonds is 13. The molecule has 10 heteroatoms. The molecule has 0 amide bonds. The molecule has 0 saturated heterocycles. The lowest BCUT2D eigenvalue weighted by molar-refractivity contribution is -0.142. The van der Waals surface area contributed by atoms with Crippen molar-refractivity contribution >= 4 is 24.1 Å². The first-order valence-corrected chi connectivity index (χ1v) is 12.6. The Kier molecular flexibility index (Phi) is 12.6. The molecular formula is C27H41NO9. The monoisotopic (exact) mass is 523 g/mol. The van der Waals surface area contributed by atoms with Gasteiger partial charge in [0.05, 0.1) is 25.0 Å². The van der Waals surface area contributed by atoms with Crippen molar-refractivity contribution in [2.45, 2.75) is 67.3 Å². The number of aliphatic carboxylic acids is 1. The van der Waals surface area contributed by atoms with E-state index in [2.05, 4.69) is 0 Å². The van der Waals surface area contributed by atoms with Crippen molar-refractivity contribution in [2.75, 3.05) is 13.2 Å². The first-order valence-electron chi connectivity index (χ1n) is 12.6. The summed E-state index contributed by atoms with van der Waals surface area (Å²) in [4.78, 5) is 48.9. The van der Waals surface area contributed by atoms with E-state index in [1.165, 1.54) is 12.1 Å². The fourth-order valence-electron chi connectivity index (χ4n) is 3.35. The van der Waals surface area contributed by atoms with E-state index < -0.39 is 53.8 Å². The lowest BCUT2D eigenvalue weighted by Crippen LogP contribution is -2.40. The molecule has 0 aliphatic heterocycles. The molecule has 0 bridgehead atoms. The van der Waals surface area contributed by atoms with Crippen LogP contribution in [0, 0.1) is 29.6 Å². The maximum Gasteiger partial charge on any atom is 0.508 e. The number of hydrogen-bond donors (Lipinski definition) is 2. The molecule has 37 heavy (non-hydrogen) atoms. The Labute approximate surface area is 218 Å². The molecule has 1 rings (SSSR count). The van der Waals surface area contributed by atoms with Crippen LogP contribution in [0.15, 0.2) is 18.2 Å². The van der Waals surface area contributed by atoms with Crippen molar-refractivity contribution in [2.24, 2.45) is 35.3 Å². The highest BCUT2D eigenvalue weighted by molar-refractivity contribution is 5.79. The third kappa shape index (κ3) is 9.35. The van der Waals surface area contributed by atoms with Gasteiger partial charge in [-0.15, -0.1) is 0 Å². The molecule has 5 atom stereocenters. The van der Waals surface area contributed by atoms with Crippen LogP contribution in [0.2, 0.25) is 0 Å². The highest BCUT2D eigenvalue weighted by Crippen LogP contribution is 2.37. The summed E-state index contributed by atoms with van der Waals surface area (Å²) in [5, 5.41) is 9.65. The topological polar surface area (TPSA) is 151 Å². The first-order chi connectivity index (χ1) is 17.2. The van der Waals surface area contributed by atoms with E-state index in [4.69, 9.17) is 24.7 Å². The largest absolute Gasteiger partial charge is 0.508 e. The Bertz CT molecular complexity index is 944. The average Bonchev–Trinajstić information content (AvgIpc) is 2.82. The van der Waals surface area contributed by atoms with Crippen LogP contribution in [-0.2, 0) is 23.9 Å². The Morgan fingerprint density at radius 2 is 1.35 bits per heavy atom. The van der Waals surface area contributed by atoms with Crippen molar-refractivity contribution in [3.63, 3.8) is 0 Å². The minimum absolute atomic E-state index is 0.00382. The van der Waals surface area contributed by atoms with Gasteiger partial charge in [-0.25, -0.2) is 4.79 Å². The maximum absolute atomic E-state index is 12.8. The normalized spacial score (nSPS) is 15.3. The quantitative estimate of drug-likeness (QED) is 0.281. The minimum atomic E-state index is -1.37. The second-order valence-corrected chi connectivity index (χ2v) is 9.97. The van der Waals surface area contributed by atoms with E-state index in [0.29, 0.717) is 5.56 Å². The van der Waals surface area contributed by atoms with Crippen molar-refractivity contribution < 1.29 is 43.2 Å². The molecule has 0 heterocycles. The number of carbonyl (C=O) groups is 4. The van der Waals surface area contributed by atoms with E-state index in [1.807, 2.05) is 27.7 Å². The van der Waals surface area contributed by atoms with Crippen LogP contribution in [0.3, 0.4) is 0 Å². The Morgan fingerprint density at radius 1 is 0.838 bits per heavy atom. The van der Waals surface area contributed by atoms with Crippen molar-refractivity contribution in [3.8, 4) is 11.5 Å². The molecule has 0 aliphatic carbocycles. The number of nitrogens with two attached hydrogens (primary N) is 1. The van der Waals surface area contributed by atoms with Gasteiger partial charge in [-0.1, -0.05) is 54.5 Å². The third-order valence-electron chi connectivity index (χ3n) is 6.53. The van der Waals surface area contributed by atoms with Crippen molar-refractivity contribution in [1.29, 1.82) is 0 Å². The molecule has 0 saturated carbocycles. The van der Waals surface area contributed by atoms with E-state index in [1.54, 1.807) is 33.8 Å². The van der Waals surface area contributed by atoms with Crippen molar-refractivity contribution in [1.82, 2.24) is 0 Å². The molecule has 208 valence electrons. The summed E-state index contributed by atoms with van der Waals surface area (Å²) in [5.41, 5.74) is 6.43. The molecule has 4 unspecified atom stereocenters. The van der Waals surface area contributed by atoms with Gasteiger partial charge in [0.2, 0.25) is 0 Å². The zero-order chi connectivity index (χ0) is 28.4. The highest BCUT2D eigenvalue weighted by Gasteiger charge is 2.33. The summed E-state index contributed by atoms with van der Waals surface area (Å²) in [6, 6.07) is 3.08. The second kappa shape index (κ2) is 14.6. The van der Waals surface area contributed by atoms with Crippen LogP contribution in [0.1, 0.15) is 66.9 Å². The minimum Gasteiger partial charge on any atom is -0.480 e. The smallest absolute Gasteiger partial charge is 0.480 e. The number of hydrogen-bond acceptors (Lipinski definition) is 9. The van der Waals surface area contributed by atoms with Gasteiger partial charge in [-0.05, 0) is 42.4 Å². The number of carboxylic acids is 1. The standard InChI is InChI=1S/C27H41NO9/c1-9-34-27(33)35-13-16(6)22(23(28)24(29)30)19-10-11-20(36-25(31)17(7)14(2)3)21(12-19)37-26(32)18(8)15(4)5/h10-12,14-18,22-23H,9,13,28H2,1-8H3,(H,29,30)/t16?,17?,18?,22?,23-/m0/s1. The van der Waals surface area contributed by atoms with Crippen LogP contribution < -0.4 is 15.2 Å². The molecule has 0 aliphatic rings. The molecule has 0 radical (unpaired) electrons. The molecule has 10 nitrogen and oxygen atoms in total. The maximum atomic E-state index is 12.8. The zero-order valence-corrected chi connectivity index (χ0v) is 23.0. The molecule has 0 aromatic heterocycles. The van der Waals surface area contributed by atoms with Gasteiger partial charge in [0.25, 0.3) is 0 Å². The molecular weight excluding hydrogens is 482 g/mol. The summed E-state index contributed by atoms with van der Waals surface area (Å²) < 4.78 is 21.1. The number of carboxylic acid groups (broad SMARTS) is 1. The SMILES string of the molecule is CCOC(=O)OCC(C)C(c1ccc(OC(=O)C(C)C(C)C)c(OC(=O)C(C)C(C)C)c1)[C@H](N)C(=O)O. The highest BCUT2D eigenvalue weighted by atomic mass is 16.7. The molecule has 1 aromatic rings. The number of benzene rings is 1. The van der Waals surface area contributed by atoms with Gasteiger partial charge >= 0.3 is 24.1 Å². The second-order valence-electron chi connectivity index (χ2n) is 9.97. The van der Waals surface area contributed by atoms with Gasteiger partial charge in [-0.2, -0.15) is 0 Å². The lowest BCUT2D eigenvalue weighted by Gasteiger charge is -2.28. The predicted octanol–water partition coefficient (Wildman–Crippen LogP) is 4.39. The Balaban J connectivity index is 3.47. The van der Waals surface area contributed by atoms with E-state index in [0.717, 1.165) is 0 Å². The van der Waals surface area contributed by atoms with Crippen LogP contribution >= 0.6 is 0 Å². The van der Waals surface area contributed by atoms with Gasteiger partial charge in [0.15, 0.2) is 11.5 Å². The molecule has 1 aromatic carbocycles. The third-order valence-corrected chi connectivity index (χ3v) is 6.53. The Morgan fingerprint density at radius 3 is 1.81 bits per heavy atom. The average molecular weight is 524 g/mol. The fourth-order valence-corrected chi connectivity index (χ4v) is 3.35.